The summed E-state index contributed by atoms with van der Waals surface area (Å²) in [6.07, 6.45) is 16.5. The summed E-state index contributed by atoms with van der Waals surface area (Å²) in [4.78, 5) is 11.8. The molecule has 1 aromatic rings. The van der Waals surface area contributed by atoms with Crippen LogP contribution < -0.4 is 5.43 Å². The van der Waals surface area contributed by atoms with Gasteiger partial charge >= 0.3 is 0 Å². The van der Waals surface area contributed by atoms with Gasteiger partial charge in [-0.2, -0.15) is 5.10 Å². The topological polar surface area (TPSA) is 41.5 Å². The number of hydrogen-bond acceptors (Lipinski definition) is 3. The van der Waals surface area contributed by atoms with Crippen molar-refractivity contribution < 1.29 is 9.18 Å². The van der Waals surface area contributed by atoms with E-state index >= 15 is 0 Å². The second-order valence-corrected chi connectivity index (χ2v) is 9.24. The molecular weight excluding hydrogens is 447 g/mol. The fourth-order valence-corrected chi connectivity index (χ4v) is 3.98. The molecule has 1 aliphatic heterocycles. The van der Waals surface area contributed by atoms with Crippen molar-refractivity contribution in [2.45, 2.75) is 98.4 Å². The van der Waals surface area contributed by atoms with E-state index in [1.165, 1.54) is 11.6 Å². The van der Waals surface area contributed by atoms with Gasteiger partial charge in [-0.25, -0.2) is 4.39 Å². The molecule has 0 saturated carbocycles. The molecule has 1 heterocycles. The lowest BCUT2D eigenvalue weighted by Crippen LogP contribution is -2.13. The molecule has 2 unspecified atom stereocenters. The number of ketones is 1. The van der Waals surface area contributed by atoms with Gasteiger partial charge in [-0.3, -0.25) is 4.79 Å². The molecule has 1 N–H and O–H groups in total. The first kappa shape index (κ1) is 29.8. The third kappa shape index (κ3) is 10.4. The zero-order valence-corrected chi connectivity index (χ0v) is 22.5. The monoisotopic (exact) mass is 488 g/mol. The summed E-state index contributed by atoms with van der Waals surface area (Å²) in [5.74, 6) is -0.0239. The van der Waals surface area contributed by atoms with Crippen molar-refractivity contribution in [2.24, 2.45) is 5.10 Å². The van der Waals surface area contributed by atoms with E-state index in [-0.39, 0.29) is 22.5 Å². The number of nitrogens with one attached hydrogen (secondary N) is 1. The first-order valence-corrected chi connectivity index (χ1v) is 12.9. The number of Topliss-reactive ketones (excluding diaryl/α,β-unsaturated/α-hetero) is 1. The molecule has 1 aromatic carbocycles. The molecule has 0 spiro atoms. The van der Waals surface area contributed by atoms with E-state index < -0.39 is 0 Å². The molecular formula is C29H42ClFN2O. The van der Waals surface area contributed by atoms with Gasteiger partial charge in [0.25, 0.3) is 0 Å². The number of hydrogen-bond donors (Lipinski definition) is 1. The molecule has 0 fully saturated rings. The Morgan fingerprint density at radius 2 is 2.03 bits per heavy atom. The molecule has 0 bridgehead atoms. The van der Waals surface area contributed by atoms with Crippen LogP contribution >= 0.6 is 11.6 Å². The predicted molar refractivity (Wildman–Crippen MR) is 145 cm³/mol. The number of carbonyl (C=O) groups is 1. The summed E-state index contributed by atoms with van der Waals surface area (Å²) >= 11 is 5.84. The van der Waals surface area contributed by atoms with Gasteiger partial charge in [-0.15, -0.1) is 0 Å². The average Bonchev–Trinajstić information content (AvgIpc) is 3.23. The molecule has 2 rings (SSSR count). The molecule has 0 aliphatic carbocycles. The molecule has 3 nitrogen and oxygen atoms in total. The SMILES string of the molecule is CCCC(=O)CC(CCC)c1cc(C)c(Cl)c(F)c1.C\C=C/C(=C\C=C\CC)C1=NNC(C)C1. The first-order valence-electron chi connectivity index (χ1n) is 12.6. The van der Waals surface area contributed by atoms with Gasteiger partial charge in [-0.1, -0.05) is 75.2 Å². The van der Waals surface area contributed by atoms with Gasteiger partial charge in [0.05, 0.1) is 10.7 Å². The number of rotatable bonds is 11. The van der Waals surface area contributed by atoms with Gasteiger partial charge < -0.3 is 5.43 Å². The van der Waals surface area contributed by atoms with Crippen LogP contribution in [-0.2, 0) is 4.79 Å². The number of aryl methyl sites for hydroxylation is 1. The number of benzene rings is 1. The minimum atomic E-state index is -0.388. The highest BCUT2D eigenvalue weighted by Gasteiger charge is 2.18. The van der Waals surface area contributed by atoms with Crippen LogP contribution in [0.4, 0.5) is 4.39 Å². The summed E-state index contributed by atoms with van der Waals surface area (Å²) in [5, 5.41) is 4.51. The van der Waals surface area contributed by atoms with E-state index in [1.54, 1.807) is 6.92 Å². The van der Waals surface area contributed by atoms with Gasteiger partial charge in [0, 0.05) is 25.3 Å². The molecule has 2 atom stereocenters. The highest BCUT2D eigenvalue weighted by Crippen LogP contribution is 2.30. The number of nitrogens with zero attached hydrogens (tertiary/aromatic N) is 1. The maximum atomic E-state index is 13.7. The molecule has 0 radical (unpaired) electrons. The smallest absolute Gasteiger partial charge is 0.142 e. The van der Waals surface area contributed by atoms with Crippen LogP contribution in [0.25, 0.3) is 0 Å². The fraction of sp³-hybridized carbons (Fsp3) is 0.517. The number of allylic oxidation sites excluding steroid dienone is 6. The highest BCUT2D eigenvalue weighted by molar-refractivity contribution is 6.31. The maximum Gasteiger partial charge on any atom is 0.142 e. The molecule has 34 heavy (non-hydrogen) atoms. The maximum absolute atomic E-state index is 13.7. The van der Waals surface area contributed by atoms with Crippen molar-refractivity contribution in [3.63, 3.8) is 0 Å². The van der Waals surface area contributed by atoms with Crippen molar-refractivity contribution in [1.82, 2.24) is 5.43 Å². The average molecular weight is 489 g/mol. The number of halogens is 2. The van der Waals surface area contributed by atoms with E-state index in [1.807, 2.05) is 19.9 Å². The third-order valence-corrected chi connectivity index (χ3v) is 6.07. The molecule has 0 saturated heterocycles. The van der Waals surface area contributed by atoms with Crippen molar-refractivity contribution >= 4 is 23.1 Å². The third-order valence-electron chi connectivity index (χ3n) is 5.59. The summed E-state index contributed by atoms with van der Waals surface area (Å²) in [6.45, 7) is 12.2. The number of carbonyl (C=O) groups excluding carboxylic acids is 1. The summed E-state index contributed by atoms with van der Waals surface area (Å²) in [7, 11) is 0. The van der Waals surface area contributed by atoms with Gasteiger partial charge in [0.15, 0.2) is 0 Å². The molecule has 0 amide bonds. The van der Waals surface area contributed by atoms with Crippen LogP contribution in [-0.4, -0.2) is 17.5 Å². The Hall–Kier alpha value is -2.20. The minimum absolute atomic E-state index is 0.106. The Balaban J connectivity index is 0.000000350. The quantitative estimate of drug-likeness (QED) is 0.316. The molecule has 5 heteroatoms. The minimum Gasteiger partial charge on any atom is -0.307 e. The molecule has 0 aromatic heterocycles. The molecule has 1 aliphatic rings. The van der Waals surface area contributed by atoms with Crippen LogP contribution in [0.2, 0.25) is 5.02 Å². The van der Waals surface area contributed by atoms with Crippen LogP contribution in [0, 0.1) is 12.7 Å². The van der Waals surface area contributed by atoms with E-state index in [2.05, 4.69) is 61.7 Å². The van der Waals surface area contributed by atoms with Gasteiger partial charge in [0.1, 0.15) is 11.6 Å². The lowest BCUT2D eigenvalue weighted by atomic mass is 9.88. The summed E-state index contributed by atoms with van der Waals surface area (Å²) < 4.78 is 13.7. The van der Waals surface area contributed by atoms with Crippen LogP contribution in [0.15, 0.2) is 53.2 Å². The normalized spacial score (nSPS) is 16.9. The predicted octanol–water partition coefficient (Wildman–Crippen LogP) is 8.62. The Kier molecular flexibility index (Phi) is 14.4. The van der Waals surface area contributed by atoms with E-state index in [4.69, 9.17) is 11.6 Å². The standard InChI is InChI=1S/C16H22ClFO.C13H20N2/c1-4-6-12(9-14(19)7-5-2)13-8-11(3)16(17)15(18)10-13;1-4-6-7-9-12(8-5-2)13-10-11(3)14-15-13/h8,10,12H,4-7,9H2,1-3H3;5-9,11,14H,4,10H2,1-3H3/b;7-6+,8-5-,12-9+. The highest BCUT2D eigenvalue weighted by atomic mass is 35.5. The number of hydrazone groups is 1. The fourth-order valence-electron chi connectivity index (χ4n) is 3.87. The van der Waals surface area contributed by atoms with Crippen molar-refractivity contribution in [2.75, 3.05) is 0 Å². The summed E-state index contributed by atoms with van der Waals surface area (Å²) in [5.41, 5.74) is 7.08. The zero-order chi connectivity index (χ0) is 25.5. The molecule has 188 valence electrons. The van der Waals surface area contributed by atoms with Crippen molar-refractivity contribution in [3.05, 3.63) is 70.1 Å². The lowest BCUT2D eigenvalue weighted by molar-refractivity contribution is -0.119. The Morgan fingerprint density at radius 3 is 2.56 bits per heavy atom. The largest absolute Gasteiger partial charge is 0.307 e. The van der Waals surface area contributed by atoms with Crippen molar-refractivity contribution in [1.29, 1.82) is 0 Å². The van der Waals surface area contributed by atoms with E-state index in [0.717, 1.165) is 48.9 Å². The van der Waals surface area contributed by atoms with E-state index in [9.17, 15) is 9.18 Å². The van der Waals surface area contributed by atoms with Crippen molar-refractivity contribution in [3.8, 4) is 0 Å². The van der Waals surface area contributed by atoms with Gasteiger partial charge in [-0.05, 0) is 68.7 Å². The zero-order valence-electron chi connectivity index (χ0n) is 21.8. The Bertz CT molecular complexity index is 878. The van der Waals surface area contributed by atoms with Crippen LogP contribution in [0.5, 0.6) is 0 Å². The summed E-state index contributed by atoms with van der Waals surface area (Å²) in [6, 6.07) is 3.85. The second-order valence-electron chi connectivity index (χ2n) is 8.86. The van der Waals surface area contributed by atoms with Crippen LogP contribution in [0.3, 0.4) is 0 Å². The first-order chi connectivity index (χ1) is 16.3. The van der Waals surface area contributed by atoms with Gasteiger partial charge in [0.2, 0.25) is 0 Å². The Labute approximate surface area is 211 Å². The van der Waals surface area contributed by atoms with E-state index in [0.29, 0.717) is 18.9 Å². The Morgan fingerprint density at radius 1 is 1.29 bits per heavy atom. The second kappa shape index (κ2) is 16.4. The van der Waals surface area contributed by atoms with Crippen LogP contribution in [0.1, 0.15) is 96.6 Å². The lowest BCUT2D eigenvalue weighted by Gasteiger charge is -2.17.